The Kier molecular flexibility index (Phi) is 5.62. The number of carbonyl (C=O) groups is 1. The minimum absolute atomic E-state index is 0.105. The van der Waals surface area contributed by atoms with Gasteiger partial charge in [0.2, 0.25) is 0 Å². The standard InChI is InChI=1S/C24H26FN3O3/c1-15-14-30-12-11-28(15)22-21(16-5-8-18(25)9-6-16)26-19-10-7-17(13-20(19)27-22)23(29)31-24(2,3)4/h5-10,13,15H,11-12,14H2,1-4H3/t15-/m0/s1. The molecule has 1 fully saturated rings. The van der Waals surface area contributed by atoms with Crippen molar-refractivity contribution in [2.45, 2.75) is 39.3 Å². The first kappa shape index (κ1) is 21.2. The molecule has 0 spiro atoms. The predicted octanol–water partition coefficient (Wildman–Crippen LogP) is 4.62. The molecule has 162 valence electrons. The Morgan fingerprint density at radius 1 is 1.13 bits per heavy atom. The van der Waals surface area contributed by atoms with Gasteiger partial charge in [-0.1, -0.05) is 0 Å². The third-order valence-corrected chi connectivity index (χ3v) is 5.04. The SMILES string of the molecule is C[C@H]1COCCN1c1nc2cc(C(=O)OC(C)(C)C)ccc2nc1-c1ccc(F)cc1. The molecule has 1 saturated heterocycles. The number of halogens is 1. The number of nitrogens with zero attached hydrogens (tertiary/aromatic N) is 3. The zero-order valence-corrected chi connectivity index (χ0v) is 18.2. The number of rotatable bonds is 3. The molecule has 0 amide bonds. The number of esters is 1. The lowest BCUT2D eigenvalue weighted by atomic mass is 10.1. The van der Waals surface area contributed by atoms with Crippen LogP contribution >= 0.6 is 0 Å². The molecule has 1 aromatic heterocycles. The molecule has 2 aromatic carbocycles. The number of ether oxygens (including phenoxy) is 2. The molecule has 0 aliphatic carbocycles. The highest BCUT2D eigenvalue weighted by molar-refractivity contribution is 5.94. The first-order valence-electron chi connectivity index (χ1n) is 10.4. The van der Waals surface area contributed by atoms with E-state index in [1.165, 1.54) is 12.1 Å². The third-order valence-electron chi connectivity index (χ3n) is 5.04. The molecule has 31 heavy (non-hydrogen) atoms. The van der Waals surface area contributed by atoms with Crippen LogP contribution in [0.15, 0.2) is 42.5 Å². The van der Waals surface area contributed by atoms with Gasteiger partial charge in [-0.05, 0) is 70.2 Å². The second-order valence-electron chi connectivity index (χ2n) is 8.73. The minimum atomic E-state index is -0.585. The van der Waals surface area contributed by atoms with Crippen molar-refractivity contribution < 1.29 is 18.7 Å². The molecule has 3 aromatic rings. The second kappa shape index (κ2) is 8.23. The summed E-state index contributed by atoms with van der Waals surface area (Å²) in [6.45, 7) is 9.40. The average molecular weight is 423 g/mol. The Labute approximate surface area is 181 Å². The molecule has 1 aliphatic rings. The lowest BCUT2D eigenvalue weighted by Crippen LogP contribution is -2.44. The number of hydrogen-bond donors (Lipinski definition) is 0. The van der Waals surface area contributed by atoms with Gasteiger partial charge in [0.25, 0.3) is 0 Å². The minimum Gasteiger partial charge on any atom is -0.456 e. The summed E-state index contributed by atoms with van der Waals surface area (Å²) in [6, 6.07) is 11.5. The van der Waals surface area contributed by atoms with Crippen molar-refractivity contribution in [2.24, 2.45) is 0 Å². The maximum Gasteiger partial charge on any atom is 0.338 e. The zero-order valence-electron chi connectivity index (χ0n) is 18.2. The normalized spacial score (nSPS) is 17.1. The third kappa shape index (κ3) is 4.66. The molecule has 6 nitrogen and oxygen atoms in total. The van der Waals surface area contributed by atoms with E-state index in [1.54, 1.807) is 30.3 Å². The van der Waals surface area contributed by atoms with Crippen LogP contribution < -0.4 is 4.90 Å². The van der Waals surface area contributed by atoms with Crippen LogP contribution in [0.25, 0.3) is 22.3 Å². The highest BCUT2D eigenvalue weighted by Gasteiger charge is 2.25. The molecular weight excluding hydrogens is 397 g/mol. The maximum atomic E-state index is 13.5. The molecule has 0 radical (unpaired) electrons. The van der Waals surface area contributed by atoms with Gasteiger partial charge in [0, 0.05) is 12.1 Å². The number of aromatic nitrogens is 2. The van der Waals surface area contributed by atoms with Crippen molar-refractivity contribution in [3.05, 3.63) is 53.8 Å². The molecule has 1 aliphatic heterocycles. The van der Waals surface area contributed by atoms with Gasteiger partial charge >= 0.3 is 5.97 Å². The summed E-state index contributed by atoms with van der Waals surface area (Å²) in [7, 11) is 0. The summed E-state index contributed by atoms with van der Waals surface area (Å²) in [5.41, 5.74) is 2.54. The van der Waals surface area contributed by atoms with Gasteiger partial charge in [-0.15, -0.1) is 0 Å². The zero-order chi connectivity index (χ0) is 22.2. The van der Waals surface area contributed by atoms with E-state index >= 15 is 0 Å². The van der Waals surface area contributed by atoms with Gasteiger partial charge in [-0.3, -0.25) is 0 Å². The van der Waals surface area contributed by atoms with Gasteiger partial charge in [0.15, 0.2) is 5.82 Å². The highest BCUT2D eigenvalue weighted by Crippen LogP contribution is 2.32. The van der Waals surface area contributed by atoms with Gasteiger partial charge in [0.1, 0.15) is 17.1 Å². The fourth-order valence-corrected chi connectivity index (χ4v) is 3.55. The van der Waals surface area contributed by atoms with Crippen molar-refractivity contribution in [1.29, 1.82) is 0 Å². The lowest BCUT2D eigenvalue weighted by Gasteiger charge is -2.35. The number of carbonyl (C=O) groups excluding carboxylic acids is 1. The molecule has 2 heterocycles. The Balaban J connectivity index is 1.84. The molecule has 0 N–H and O–H groups in total. The quantitative estimate of drug-likeness (QED) is 0.573. The van der Waals surface area contributed by atoms with Crippen molar-refractivity contribution in [2.75, 3.05) is 24.7 Å². The molecule has 7 heteroatoms. The van der Waals surface area contributed by atoms with Crippen LogP contribution in [0, 0.1) is 5.82 Å². The Bertz CT molecular complexity index is 1110. The van der Waals surface area contributed by atoms with Gasteiger partial charge in [0.05, 0.1) is 35.9 Å². The number of hydrogen-bond acceptors (Lipinski definition) is 6. The first-order chi connectivity index (χ1) is 14.7. The topological polar surface area (TPSA) is 64.5 Å². The van der Waals surface area contributed by atoms with Crippen LogP contribution in [-0.4, -0.2) is 47.3 Å². The van der Waals surface area contributed by atoms with Crippen molar-refractivity contribution in [1.82, 2.24) is 9.97 Å². The van der Waals surface area contributed by atoms with E-state index in [9.17, 15) is 9.18 Å². The van der Waals surface area contributed by atoms with Crippen molar-refractivity contribution >= 4 is 22.8 Å². The van der Waals surface area contributed by atoms with Crippen LogP contribution in [0.2, 0.25) is 0 Å². The Morgan fingerprint density at radius 2 is 1.87 bits per heavy atom. The second-order valence-corrected chi connectivity index (χ2v) is 8.73. The van der Waals surface area contributed by atoms with Crippen LogP contribution in [0.3, 0.4) is 0 Å². The molecule has 1 atom stereocenters. The highest BCUT2D eigenvalue weighted by atomic mass is 19.1. The van der Waals surface area contributed by atoms with Crippen LogP contribution in [0.1, 0.15) is 38.1 Å². The van der Waals surface area contributed by atoms with Crippen molar-refractivity contribution in [3.63, 3.8) is 0 Å². The average Bonchev–Trinajstić information content (AvgIpc) is 2.72. The largest absolute Gasteiger partial charge is 0.456 e. The van der Waals surface area contributed by atoms with E-state index in [4.69, 9.17) is 19.4 Å². The number of fused-ring (bicyclic) bond motifs is 1. The van der Waals surface area contributed by atoms with E-state index in [-0.39, 0.29) is 11.9 Å². The Morgan fingerprint density at radius 3 is 2.55 bits per heavy atom. The first-order valence-corrected chi connectivity index (χ1v) is 10.4. The summed E-state index contributed by atoms with van der Waals surface area (Å²) >= 11 is 0. The molecular formula is C24H26FN3O3. The number of anilines is 1. The smallest absolute Gasteiger partial charge is 0.338 e. The van der Waals surface area contributed by atoms with Crippen LogP contribution in [-0.2, 0) is 9.47 Å². The van der Waals surface area contributed by atoms with E-state index in [0.29, 0.717) is 47.9 Å². The molecule has 0 bridgehead atoms. The summed E-state index contributed by atoms with van der Waals surface area (Å²) in [4.78, 5) is 24.4. The maximum absolute atomic E-state index is 13.5. The Hall–Kier alpha value is -3.06. The molecule has 4 rings (SSSR count). The fourth-order valence-electron chi connectivity index (χ4n) is 3.55. The van der Waals surface area contributed by atoms with Gasteiger partial charge in [-0.2, -0.15) is 0 Å². The van der Waals surface area contributed by atoms with Gasteiger partial charge in [-0.25, -0.2) is 19.2 Å². The monoisotopic (exact) mass is 423 g/mol. The van der Waals surface area contributed by atoms with Crippen LogP contribution in [0.5, 0.6) is 0 Å². The summed E-state index contributed by atoms with van der Waals surface area (Å²) in [6.07, 6.45) is 0. The lowest BCUT2D eigenvalue weighted by molar-refractivity contribution is 0.00696. The van der Waals surface area contributed by atoms with E-state index in [1.807, 2.05) is 20.8 Å². The van der Waals surface area contributed by atoms with Gasteiger partial charge < -0.3 is 14.4 Å². The van der Waals surface area contributed by atoms with E-state index in [2.05, 4.69) is 11.8 Å². The van der Waals surface area contributed by atoms with Crippen LogP contribution in [0.4, 0.5) is 10.2 Å². The van der Waals surface area contributed by atoms with E-state index in [0.717, 1.165) is 5.56 Å². The molecule has 0 unspecified atom stereocenters. The summed E-state index contributed by atoms with van der Waals surface area (Å²) in [5, 5.41) is 0. The number of benzene rings is 2. The summed E-state index contributed by atoms with van der Waals surface area (Å²) in [5.74, 6) is -0.0165. The molecule has 0 saturated carbocycles. The number of morpholine rings is 1. The van der Waals surface area contributed by atoms with Crippen molar-refractivity contribution in [3.8, 4) is 11.3 Å². The predicted molar refractivity (Wildman–Crippen MR) is 118 cm³/mol. The summed E-state index contributed by atoms with van der Waals surface area (Å²) < 4.78 is 24.6. The fraction of sp³-hybridized carbons (Fsp3) is 0.375. The van der Waals surface area contributed by atoms with E-state index < -0.39 is 11.6 Å².